The van der Waals surface area contributed by atoms with Crippen molar-refractivity contribution in [2.45, 2.75) is 39.7 Å². The number of carbonyl (C=O) groups excluding carboxylic acids is 1. The molecule has 2 N–H and O–H groups in total. The lowest BCUT2D eigenvalue weighted by atomic mass is 9.90. The molecular weight excluding hydrogens is 188 g/mol. The maximum atomic E-state index is 11.8. The third kappa shape index (κ3) is 3.34. The van der Waals surface area contributed by atoms with Crippen molar-refractivity contribution >= 4 is 5.91 Å². The summed E-state index contributed by atoms with van der Waals surface area (Å²) in [5.41, 5.74) is 7.06. The fourth-order valence-electron chi connectivity index (χ4n) is 2.02. The van der Waals surface area contributed by atoms with Gasteiger partial charge in [-0.05, 0) is 26.2 Å². The van der Waals surface area contributed by atoms with E-state index in [1.807, 2.05) is 18.7 Å². The highest BCUT2D eigenvalue weighted by Gasteiger charge is 2.26. The maximum Gasteiger partial charge on any atom is 0.246 e. The van der Waals surface area contributed by atoms with Gasteiger partial charge in [-0.3, -0.25) is 4.79 Å². The van der Waals surface area contributed by atoms with Gasteiger partial charge < -0.3 is 10.6 Å². The summed E-state index contributed by atoms with van der Waals surface area (Å²) in [6.07, 6.45) is 3.70. The largest absolute Gasteiger partial charge is 0.339 e. The Balaban J connectivity index is 2.58. The molecule has 86 valence electrons. The zero-order chi connectivity index (χ0) is 11.4. The first-order valence-corrected chi connectivity index (χ1v) is 5.74. The van der Waals surface area contributed by atoms with Crippen LogP contribution in [0.5, 0.6) is 0 Å². The van der Waals surface area contributed by atoms with Gasteiger partial charge in [-0.25, -0.2) is 0 Å². The monoisotopic (exact) mass is 210 g/mol. The minimum atomic E-state index is 0.139. The normalized spacial score (nSPS) is 26.3. The second-order valence-electron chi connectivity index (χ2n) is 4.63. The van der Waals surface area contributed by atoms with Crippen LogP contribution in [-0.2, 0) is 4.79 Å². The average molecular weight is 210 g/mol. The molecule has 1 heterocycles. The minimum absolute atomic E-state index is 0.139. The van der Waals surface area contributed by atoms with Crippen LogP contribution in [0.1, 0.15) is 33.6 Å². The first-order valence-electron chi connectivity index (χ1n) is 5.74. The zero-order valence-electron chi connectivity index (χ0n) is 9.99. The van der Waals surface area contributed by atoms with Crippen LogP contribution in [0.3, 0.4) is 0 Å². The lowest BCUT2D eigenvalue weighted by Gasteiger charge is -2.36. The zero-order valence-corrected chi connectivity index (χ0v) is 9.99. The highest BCUT2D eigenvalue weighted by Crippen LogP contribution is 2.18. The highest BCUT2D eigenvalue weighted by atomic mass is 16.2. The van der Waals surface area contributed by atoms with Crippen LogP contribution in [-0.4, -0.2) is 29.9 Å². The number of allylic oxidation sites excluding steroid dienone is 1. The summed E-state index contributed by atoms with van der Waals surface area (Å²) in [6, 6.07) is 0.269. The van der Waals surface area contributed by atoms with E-state index in [0.717, 1.165) is 31.5 Å². The van der Waals surface area contributed by atoms with Crippen LogP contribution in [0.4, 0.5) is 0 Å². The smallest absolute Gasteiger partial charge is 0.246 e. The summed E-state index contributed by atoms with van der Waals surface area (Å²) in [6.45, 7) is 7.66. The van der Waals surface area contributed by atoms with E-state index in [1.54, 1.807) is 6.08 Å². The van der Waals surface area contributed by atoms with Crippen molar-refractivity contribution in [1.82, 2.24) is 4.90 Å². The van der Waals surface area contributed by atoms with Crippen molar-refractivity contribution in [3.63, 3.8) is 0 Å². The van der Waals surface area contributed by atoms with E-state index in [1.165, 1.54) is 0 Å². The Morgan fingerprint density at radius 2 is 2.20 bits per heavy atom. The van der Waals surface area contributed by atoms with Gasteiger partial charge in [0.2, 0.25) is 5.91 Å². The van der Waals surface area contributed by atoms with Gasteiger partial charge in [0, 0.05) is 25.2 Å². The number of nitrogens with zero attached hydrogens (tertiary/aromatic N) is 1. The van der Waals surface area contributed by atoms with E-state index in [2.05, 4.69) is 6.92 Å². The Bertz CT molecular complexity index is 256. The molecule has 1 saturated heterocycles. The van der Waals surface area contributed by atoms with E-state index in [4.69, 9.17) is 5.73 Å². The molecule has 1 amide bonds. The van der Waals surface area contributed by atoms with Crippen molar-refractivity contribution in [2.24, 2.45) is 11.7 Å². The molecule has 3 heteroatoms. The van der Waals surface area contributed by atoms with Gasteiger partial charge in [-0.2, -0.15) is 0 Å². The van der Waals surface area contributed by atoms with Gasteiger partial charge in [0.1, 0.15) is 0 Å². The van der Waals surface area contributed by atoms with Gasteiger partial charge >= 0.3 is 0 Å². The van der Waals surface area contributed by atoms with Gasteiger partial charge in [0.05, 0.1) is 0 Å². The van der Waals surface area contributed by atoms with Crippen LogP contribution in [0.25, 0.3) is 0 Å². The average Bonchev–Trinajstić information content (AvgIpc) is 2.17. The summed E-state index contributed by atoms with van der Waals surface area (Å²) >= 11 is 0. The Hall–Kier alpha value is -0.830. The molecule has 2 atom stereocenters. The standard InChI is InChI=1S/C12H22N2O/c1-4-10-8-14(6-5-11(10)13)12(15)7-9(2)3/h7,10-11H,4-6,8,13H2,1-3H3. The predicted molar refractivity (Wildman–Crippen MR) is 62.4 cm³/mol. The third-order valence-corrected chi connectivity index (χ3v) is 3.04. The fourth-order valence-corrected chi connectivity index (χ4v) is 2.02. The van der Waals surface area contributed by atoms with Crippen molar-refractivity contribution in [2.75, 3.05) is 13.1 Å². The fraction of sp³-hybridized carbons (Fsp3) is 0.750. The quantitative estimate of drug-likeness (QED) is 0.703. The Morgan fingerprint density at radius 1 is 1.53 bits per heavy atom. The maximum absolute atomic E-state index is 11.8. The number of piperidine rings is 1. The predicted octanol–water partition coefficient (Wildman–Crippen LogP) is 1.54. The minimum Gasteiger partial charge on any atom is -0.339 e. The molecule has 0 aromatic rings. The van der Waals surface area contributed by atoms with Crippen LogP contribution < -0.4 is 5.73 Å². The molecule has 0 saturated carbocycles. The number of amides is 1. The molecule has 2 unspecified atom stereocenters. The lowest BCUT2D eigenvalue weighted by Crippen LogP contribution is -2.48. The molecule has 1 aliphatic heterocycles. The molecule has 0 aromatic heterocycles. The van der Waals surface area contributed by atoms with Gasteiger partial charge in [0.25, 0.3) is 0 Å². The van der Waals surface area contributed by atoms with Crippen molar-refractivity contribution in [3.8, 4) is 0 Å². The third-order valence-electron chi connectivity index (χ3n) is 3.04. The number of rotatable bonds is 2. The van der Waals surface area contributed by atoms with E-state index in [9.17, 15) is 4.79 Å². The molecule has 3 nitrogen and oxygen atoms in total. The Morgan fingerprint density at radius 3 is 2.73 bits per heavy atom. The molecule has 1 rings (SSSR count). The topological polar surface area (TPSA) is 46.3 Å². The van der Waals surface area contributed by atoms with Gasteiger partial charge in [-0.1, -0.05) is 18.9 Å². The summed E-state index contributed by atoms with van der Waals surface area (Å²) in [5.74, 6) is 0.605. The van der Waals surface area contributed by atoms with Crippen LogP contribution in [0.2, 0.25) is 0 Å². The van der Waals surface area contributed by atoms with Gasteiger partial charge in [-0.15, -0.1) is 0 Å². The van der Waals surface area contributed by atoms with E-state index in [0.29, 0.717) is 5.92 Å². The number of nitrogens with two attached hydrogens (primary N) is 1. The first kappa shape index (κ1) is 12.2. The van der Waals surface area contributed by atoms with E-state index in [-0.39, 0.29) is 11.9 Å². The second kappa shape index (κ2) is 5.31. The Kier molecular flexibility index (Phi) is 4.33. The second-order valence-corrected chi connectivity index (χ2v) is 4.63. The van der Waals surface area contributed by atoms with Crippen LogP contribution in [0, 0.1) is 5.92 Å². The molecular formula is C12H22N2O. The Labute approximate surface area is 92.3 Å². The van der Waals surface area contributed by atoms with Crippen LogP contribution in [0.15, 0.2) is 11.6 Å². The number of hydrogen-bond donors (Lipinski definition) is 1. The molecule has 0 bridgehead atoms. The molecule has 0 radical (unpaired) electrons. The summed E-state index contributed by atoms with van der Waals surface area (Å²) in [4.78, 5) is 13.7. The molecule has 1 aliphatic rings. The molecule has 0 aliphatic carbocycles. The van der Waals surface area contributed by atoms with E-state index >= 15 is 0 Å². The van der Waals surface area contributed by atoms with Crippen LogP contribution >= 0.6 is 0 Å². The molecule has 15 heavy (non-hydrogen) atoms. The van der Waals surface area contributed by atoms with Crippen molar-refractivity contribution in [1.29, 1.82) is 0 Å². The highest BCUT2D eigenvalue weighted by molar-refractivity contribution is 5.88. The molecule has 1 fully saturated rings. The number of carbonyl (C=O) groups is 1. The number of hydrogen-bond acceptors (Lipinski definition) is 2. The summed E-state index contributed by atoms with van der Waals surface area (Å²) < 4.78 is 0. The number of likely N-dealkylation sites (tertiary alicyclic amines) is 1. The summed E-state index contributed by atoms with van der Waals surface area (Å²) in [5, 5.41) is 0. The lowest BCUT2D eigenvalue weighted by molar-refractivity contribution is -0.128. The van der Waals surface area contributed by atoms with Gasteiger partial charge in [0.15, 0.2) is 0 Å². The first-order chi connectivity index (χ1) is 7.04. The molecule has 0 aromatic carbocycles. The van der Waals surface area contributed by atoms with E-state index < -0.39 is 0 Å². The van der Waals surface area contributed by atoms with Crippen molar-refractivity contribution < 1.29 is 4.79 Å². The SMILES string of the molecule is CCC1CN(C(=O)C=C(C)C)CCC1N. The molecule has 0 spiro atoms. The van der Waals surface area contributed by atoms with Crippen molar-refractivity contribution in [3.05, 3.63) is 11.6 Å². The summed E-state index contributed by atoms with van der Waals surface area (Å²) in [7, 11) is 0.